The predicted molar refractivity (Wildman–Crippen MR) is 109 cm³/mol. The van der Waals surface area contributed by atoms with Crippen LogP contribution >= 0.6 is 0 Å². The zero-order valence-electron chi connectivity index (χ0n) is 14.9. The minimum absolute atomic E-state index is 0.284. The van der Waals surface area contributed by atoms with Gasteiger partial charge in [0.15, 0.2) is 0 Å². The first-order valence-electron chi connectivity index (χ1n) is 9.30. The molecule has 1 heteroatoms. The lowest BCUT2D eigenvalue weighted by Crippen LogP contribution is -2.48. The van der Waals surface area contributed by atoms with Gasteiger partial charge in [-0.3, -0.25) is 0 Å². The molecule has 124 valence electrons. The highest BCUT2D eigenvalue weighted by Gasteiger charge is 2.38. The van der Waals surface area contributed by atoms with Crippen LogP contribution in [0.2, 0.25) is 0 Å². The second-order valence-corrected chi connectivity index (χ2v) is 9.71. The third-order valence-corrected chi connectivity index (χ3v) is 8.73. The van der Waals surface area contributed by atoms with Gasteiger partial charge in [-0.2, -0.15) is 0 Å². The van der Waals surface area contributed by atoms with Crippen LogP contribution in [0.25, 0.3) is 0 Å². The Balaban J connectivity index is 2.09. The standard InChI is InChI=1S/C23H28Si/c1-3-17-23(18-4-2)19-11-16-22(23)24(20-12-7-5-8-13-20)21-14-9-6-10-15-21/h5-16,19,24H,3-4,17-18H2,1-2H3. The van der Waals surface area contributed by atoms with Gasteiger partial charge >= 0.3 is 0 Å². The first kappa shape index (κ1) is 17.0. The summed E-state index contributed by atoms with van der Waals surface area (Å²) in [7, 11) is -1.39. The Labute approximate surface area is 148 Å². The number of allylic oxidation sites excluding steroid dienone is 4. The van der Waals surface area contributed by atoms with Crippen molar-refractivity contribution in [1.82, 2.24) is 0 Å². The van der Waals surface area contributed by atoms with Crippen molar-refractivity contribution < 1.29 is 0 Å². The van der Waals surface area contributed by atoms with E-state index in [0.29, 0.717) is 0 Å². The average molecular weight is 333 g/mol. The molecule has 1 aliphatic carbocycles. The summed E-state index contributed by atoms with van der Waals surface area (Å²) < 4.78 is 0. The summed E-state index contributed by atoms with van der Waals surface area (Å²) in [6, 6.07) is 22.4. The lowest BCUT2D eigenvalue weighted by Gasteiger charge is -2.35. The molecule has 3 rings (SSSR count). The predicted octanol–water partition coefficient (Wildman–Crippen LogP) is 4.65. The Morgan fingerprint density at radius 3 is 1.71 bits per heavy atom. The maximum Gasteiger partial charge on any atom is 0.129 e. The molecule has 0 nitrogen and oxygen atoms in total. The van der Waals surface area contributed by atoms with Crippen LogP contribution in [0.3, 0.4) is 0 Å². The van der Waals surface area contributed by atoms with E-state index in [1.807, 2.05) is 0 Å². The largest absolute Gasteiger partial charge is 0.129 e. The summed E-state index contributed by atoms with van der Waals surface area (Å²) in [4.78, 5) is 0. The van der Waals surface area contributed by atoms with E-state index in [0.717, 1.165) is 0 Å². The molecule has 0 N–H and O–H groups in total. The maximum absolute atomic E-state index is 2.50. The van der Waals surface area contributed by atoms with Crippen LogP contribution < -0.4 is 10.4 Å². The summed E-state index contributed by atoms with van der Waals surface area (Å²) >= 11 is 0. The Morgan fingerprint density at radius 2 is 1.25 bits per heavy atom. The fraction of sp³-hybridized carbons (Fsp3) is 0.304. The molecule has 0 atom stereocenters. The van der Waals surface area contributed by atoms with Gasteiger partial charge < -0.3 is 0 Å². The molecular weight excluding hydrogens is 304 g/mol. The van der Waals surface area contributed by atoms with E-state index in [1.54, 1.807) is 5.20 Å². The lowest BCUT2D eigenvalue weighted by atomic mass is 9.80. The first-order chi connectivity index (χ1) is 11.8. The number of hydrogen-bond acceptors (Lipinski definition) is 0. The van der Waals surface area contributed by atoms with Crippen molar-refractivity contribution in [3.05, 3.63) is 84.1 Å². The average Bonchev–Trinajstić information content (AvgIpc) is 3.01. The first-order valence-corrected chi connectivity index (χ1v) is 11.0. The Kier molecular flexibility index (Phi) is 5.52. The second-order valence-electron chi connectivity index (χ2n) is 6.89. The summed E-state index contributed by atoms with van der Waals surface area (Å²) in [6.45, 7) is 4.64. The van der Waals surface area contributed by atoms with Crippen LogP contribution in [0.4, 0.5) is 0 Å². The van der Waals surface area contributed by atoms with E-state index < -0.39 is 8.80 Å². The highest BCUT2D eigenvalue weighted by molar-refractivity contribution is 6.91. The molecule has 0 spiro atoms. The molecule has 0 heterocycles. The van der Waals surface area contributed by atoms with Crippen LogP contribution in [-0.2, 0) is 0 Å². The molecule has 0 unspecified atom stereocenters. The van der Waals surface area contributed by atoms with Crippen LogP contribution in [0.1, 0.15) is 39.5 Å². The number of rotatable bonds is 7. The molecule has 0 bridgehead atoms. The molecule has 0 aliphatic heterocycles. The van der Waals surface area contributed by atoms with Gasteiger partial charge in [-0.15, -0.1) is 0 Å². The van der Waals surface area contributed by atoms with Gasteiger partial charge in [-0.25, -0.2) is 0 Å². The highest BCUT2D eigenvalue weighted by atomic mass is 28.3. The van der Waals surface area contributed by atoms with Crippen LogP contribution in [0, 0.1) is 5.41 Å². The Bertz CT molecular complexity index is 652. The smallest absolute Gasteiger partial charge is 0.0746 e. The third-order valence-electron chi connectivity index (χ3n) is 5.24. The topological polar surface area (TPSA) is 0 Å². The molecule has 0 aromatic heterocycles. The van der Waals surface area contributed by atoms with Crippen molar-refractivity contribution in [3.8, 4) is 0 Å². The minimum atomic E-state index is -1.39. The quantitative estimate of drug-likeness (QED) is 0.647. The Morgan fingerprint density at radius 1 is 0.750 bits per heavy atom. The van der Waals surface area contributed by atoms with Gasteiger partial charge in [0.25, 0.3) is 0 Å². The minimum Gasteiger partial charge on any atom is -0.0746 e. The van der Waals surface area contributed by atoms with Gasteiger partial charge in [0, 0.05) is 5.41 Å². The molecule has 0 saturated heterocycles. The van der Waals surface area contributed by atoms with Crippen molar-refractivity contribution in [3.63, 3.8) is 0 Å². The lowest BCUT2D eigenvalue weighted by molar-refractivity contribution is 0.399. The fourth-order valence-corrected chi connectivity index (χ4v) is 7.88. The molecule has 24 heavy (non-hydrogen) atoms. The maximum atomic E-state index is 2.50. The molecule has 0 radical (unpaired) electrons. The summed E-state index contributed by atoms with van der Waals surface area (Å²) in [5, 5.41) is 4.79. The summed E-state index contributed by atoms with van der Waals surface area (Å²) in [5.41, 5.74) is 0.284. The van der Waals surface area contributed by atoms with E-state index in [-0.39, 0.29) is 5.41 Å². The van der Waals surface area contributed by atoms with Crippen LogP contribution in [0.15, 0.2) is 84.1 Å². The van der Waals surface area contributed by atoms with Gasteiger partial charge in [-0.1, -0.05) is 121 Å². The molecule has 2 aromatic carbocycles. The van der Waals surface area contributed by atoms with Gasteiger partial charge in [0.2, 0.25) is 0 Å². The van der Waals surface area contributed by atoms with E-state index in [9.17, 15) is 0 Å². The van der Waals surface area contributed by atoms with Crippen molar-refractivity contribution in [2.24, 2.45) is 5.41 Å². The third kappa shape index (κ3) is 3.32. The van der Waals surface area contributed by atoms with E-state index in [4.69, 9.17) is 0 Å². The van der Waals surface area contributed by atoms with Gasteiger partial charge in [0.1, 0.15) is 8.80 Å². The van der Waals surface area contributed by atoms with Crippen molar-refractivity contribution >= 4 is 19.2 Å². The van der Waals surface area contributed by atoms with Crippen molar-refractivity contribution in [2.75, 3.05) is 0 Å². The van der Waals surface area contributed by atoms with Crippen molar-refractivity contribution in [1.29, 1.82) is 0 Å². The van der Waals surface area contributed by atoms with E-state index in [2.05, 4.69) is 92.7 Å². The van der Waals surface area contributed by atoms with E-state index in [1.165, 1.54) is 36.1 Å². The number of hydrogen-bond donors (Lipinski definition) is 0. The molecule has 1 aliphatic rings. The summed E-state index contributed by atoms with van der Waals surface area (Å²) in [5.74, 6) is 0. The van der Waals surface area contributed by atoms with Crippen LogP contribution in [0.5, 0.6) is 0 Å². The monoisotopic (exact) mass is 332 g/mol. The fourth-order valence-electron chi connectivity index (χ4n) is 4.30. The van der Waals surface area contributed by atoms with Crippen LogP contribution in [-0.4, -0.2) is 8.80 Å². The molecule has 0 amide bonds. The molecule has 2 aromatic rings. The molecule has 0 fully saturated rings. The summed E-state index contributed by atoms with van der Waals surface area (Å²) in [6.07, 6.45) is 12.3. The zero-order valence-corrected chi connectivity index (χ0v) is 16.1. The second kappa shape index (κ2) is 7.81. The number of benzene rings is 2. The van der Waals surface area contributed by atoms with Crippen molar-refractivity contribution in [2.45, 2.75) is 39.5 Å². The Hall–Kier alpha value is -1.86. The van der Waals surface area contributed by atoms with E-state index >= 15 is 0 Å². The normalized spacial score (nSPS) is 15.7. The SMILES string of the molecule is CCCC1(CCC)C=CC=C1[SiH](c1ccccc1)c1ccccc1. The zero-order chi connectivity index (χ0) is 16.8. The molecule has 0 saturated carbocycles. The van der Waals surface area contributed by atoms with Gasteiger partial charge in [0.05, 0.1) is 0 Å². The molecular formula is C23H28Si. The van der Waals surface area contributed by atoms with Gasteiger partial charge in [-0.05, 0) is 12.8 Å². The highest BCUT2D eigenvalue weighted by Crippen LogP contribution is 2.43.